The largest absolute Gasteiger partial charge is 0.481 e. The van der Waals surface area contributed by atoms with Crippen molar-refractivity contribution in [3.05, 3.63) is 0 Å². The number of rotatable bonds is 4. The minimum absolute atomic E-state index is 0.164. The van der Waals surface area contributed by atoms with E-state index in [1.807, 2.05) is 0 Å². The van der Waals surface area contributed by atoms with E-state index >= 15 is 0 Å². The summed E-state index contributed by atoms with van der Waals surface area (Å²) in [6.45, 7) is 4.27. The van der Waals surface area contributed by atoms with Gasteiger partial charge in [0.15, 0.2) is 0 Å². The van der Waals surface area contributed by atoms with E-state index in [1.54, 1.807) is 0 Å². The van der Waals surface area contributed by atoms with Crippen LogP contribution in [-0.4, -0.2) is 29.7 Å². The number of aliphatic carboxylic acids is 1. The summed E-state index contributed by atoms with van der Waals surface area (Å²) in [7, 11) is 0. The van der Waals surface area contributed by atoms with Crippen molar-refractivity contribution in [1.29, 1.82) is 0 Å². The smallest absolute Gasteiger partial charge is 0.322 e. The number of carbonyl (C=O) groups excluding carboxylic acids is 1. The highest BCUT2D eigenvalue weighted by atomic mass is 16.5. The number of esters is 1. The lowest BCUT2D eigenvalue weighted by Crippen LogP contribution is -2.35. The highest BCUT2D eigenvalue weighted by Crippen LogP contribution is 2.15. The predicted octanol–water partition coefficient (Wildman–Crippen LogP) is -0.0124. The van der Waals surface area contributed by atoms with Crippen LogP contribution in [0.4, 0.5) is 0 Å². The molecule has 0 heterocycles. The summed E-state index contributed by atoms with van der Waals surface area (Å²) in [5.74, 6) is -1.60. The fourth-order valence-electron chi connectivity index (χ4n) is 0.445. The molecule has 0 aromatic rings. The van der Waals surface area contributed by atoms with Crippen molar-refractivity contribution in [3.8, 4) is 0 Å². The molecule has 3 N–H and O–H groups in total. The van der Waals surface area contributed by atoms with Crippen molar-refractivity contribution in [2.45, 2.75) is 26.8 Å². The maximum Gasteiger partial charge on any atom is 0.322 e. The van der Waals surface area contributed by atoms with Crippen LogP contribution in [0, 0.1) is 5.41 Å². The van der Waals surface area contributed by atoms with Gasteiger partial charge in [-0.2, -0.15) is 0 Å². The van der Waals surface area contributed by atoms with Crippen molar-refractivity contribution >= 4 is 11.9 Å². The Morgan fingerprint density at radius 2 is 2.00 bits per heavy atom. The van der Waals surface area contributed by atoms with E-state index in [0.717, 1.165) is 0 Å². The average Bonchev–Trinajstić information content (AvgIpc) is 1.99. The molecule has 0 radical (unpaired) electrons. The van der Waals surface area contributed by atoms with Crippen molar-refractivity contribution < 1.29 is 19.4 Å². The molecule has 0 rings (SSSR count). The summed E-state index contributed by atoms with van der Waals surface area (Å²) in [6, 6.07) is -0.718. The number of carbonyl (C=O) groups is 2. The second-order valence-corrected chi connectivity index (χ2v) is 3.59. The number of hydrogen-bond acceptors (Lipinski definition) is 4. The second-order valence-electron chi connectivity index (χ2n) is 3.59. The van der Waals surface area contributed by atoms with Crippen molar-refractivity contribution in [2.75, 3.05) is 6.61 Å². The zero-order chi connectivity index (χ0) is 10.6. The molecule has 0 fully saturated rings. The lowest BCUT2D eigenvalue weighted by atomic mass is 9.95. The summed E-state index contributed by atoms with van der Waals surface area (Å²) in [5, 5.41) is 8.67. The Morgan fingerprint density at radius 3 is 2.31 bits per heavy atom. The fraction of sp³-hybridized carbons (Fsp3) is 0.750. The number of carboxylic acid groups (broad SMARTS) is 1. The topological polar surface area (TPSA) is 89.6 Å². The number of ether oxygens (including phenoxy) is 1. The third-order valence-electron chi connectivity index (χ3n) is 1.53. The third-order valence-corrected chi connectivity index (χ3v) is 1.53. The molecule has 0 bridgehead atoms. The first kappa shape index (κ1) is 11.9. The minimum atomic E-state index is -1.06. The molecule has 13 heavy (non-hydrogen) atoms. The van der Waals surface area contributed by atoms with Crippen LogP contribution in [0.25, 0.3) is 0 Å². The Morgan fingerprint density at radius 1 is 1.54 bits per heavy atom. The fourth-order valence-corrected chi connectivity index (χ4v) is 0.445. The normalized spacial score (nSPS) is 13.5. The molecule has 0 aliphatic rings. The van der Waals surface area contributed by atoms with Gasteiger partial charge in [-0.25, -0.2) is 0 Å². The summed E-state index contributed by atoms with van der Waals surface area (Å²) in [6.07, 6.45) is 0. The van der Waals surface area contributed by atoms with Crippen LogP contribution in [0.15, 0.2) is 0 Å². The molecule has 76 valence electrons. The van der Waals surface area contributed by atoms with Crippen LogP contribution in [-0.2, 0) is 14.3 Å². The van der Waals surface area contributed by atoms with Crippen LogP contribution in [0.2, 0.25) is 0 Å². The van der Waals surface area contributed by atoms with Gasteiger partial charge in [-0.1, -0.05) is 0 Å². The van der Waals surface area contributed by atoms with Gasteiger partial charge in [0, 0.05) is 0 Å². The third kappa shape index (κ3) is 3.89. The number of carboxylic acids is 1. The monoisotopic (exact) mass is 189 g/mol. The van der Waals surface area contributed by atoms with Crippen LogP contribution in [0.3, 0.4) is 0 Å². The van der Waals surface area contributed by atoms with Gasteiger partial charge >= 0.3 is 11.9 Å². The second kappa shape index (κ2) is 4.23. The number of hydrogen-bond donors (Lipinski definition) is 2. The molecule has 0 amide bonds. The Balaban J connectivity index is 4.03. The molecule has 0 aromatic carbocycles. The highest BCUT2D eigenvalue weighted by Gasteiger charge is 2.29. The Bertz CT molecular complexity index is 210. The molecular formula is C8H15NO4. The first-order valence-corrected chi connectivity index (χ1v) is 3.93. The van der Waals surface area contributed by atoms with Gasteiger partial charge in [-0.3, -0.25) is 9.59 Å². The Hall–Kier alpha value is -1.10. The summed E-state index contributed by atoms with van der Waals surface area (Å²) >= 11 is 0. The van der Waals surface area contributed by atoms with E-state index < -0.39 is 23.4 Å². The van der Waals surface area contributed by atoms with Crippen molar-refractivity contribution in [1.82, 2.24) is 0 Å². The molecular weight excluding hydrogens is 174 g/mol. The van der Waals surface area contributed by atoms with Crippen LogP contribution in [0.1, 0.15) is 20.8 Å². The SMILES string of the molecule is CC(N)C(=O)OCC(C)(C)C(=O)O. The summed E-state index contributed by atoms with van der Waals surface area (Å²) in [4.78, 5) is 21.5. The van der Waals surface area contributed by atoms with Gasteiger partial charge in [-0.05, 0) is 20.8 Å². The Labute approximate surface area is 76.9 Å². The maximum absolute atomic E-state index is 10.9. The van der Waals surface area contributed by atoms with Gasteiger partial charge in [0.2, 0.25) is 0 Å². The van der Waals surface area contributed by atoms with Crippen LogP contribution in [0.5, 0.6) is 0 Å². The lowest BCUT2D eigenvalue weighted by Gasteiger charge is -2.19. The molecule has 0 saturated carbocycles. The highest BCUT2D eigenvalue weighted by molar-refractivity contribution is 5.77. The predicted molar refractivity (Wildman–Crippen MR) is 46.0 cm³/mol. The molecule has 0 aliphatic carbocycles. The molecule has 0 aliphatic heterocycles. The van der Waals surface area contributed by atoms with E-state index in [9.17, 15) is 9.59 Å². The van der Waals surface area contributed by atoms with E-state index in [2.05, 4.69) is 4.74 Å². The molecule has 1 atom stereocenters. The average molecular weight is 189 g/mol. The first-order valence-electron chi connectivity index (χ1n) is 3.93. The number of nitrogens with two attached hydrogens (primary N) is 1. The molecule has 5 heteroatoms. The maximum atomic E-state index is 10.9. The van der Waals surface area contributed by atoms with Crippen molar-refractivity contribution in [2.24, 2.45) is 11.1 Å². The molecule has 0 saturated heterocycles. The van der Waals surface area contributed by atoms with Gasteiger partial charge in [0.05, 0.1) is 5.41 Å². The molecule has 5 nitrogen and oxygen atoms in total. The van der Waals surface area contributed by atoms with Gasteiger partial charge in [0.1, 0.15) is 12.6 Å². The van der Waals surface area contributed by atoms with E-state index in [1.165, 1.54) is 20.8 Å². The quantitative estimate of drug-likeness (QED) is 0.607. The molecule has 1 unspecified atom stereocenters. The first-order chi connectivity index (χ1) is 5.77. The summed E-state index contributed by atoms with van der Waals surface area (Å²) in [5.41, 5.74) is 4.15. The molecule has 0 aromatic heterocycles. The van der Waals surface area contributed by atoms with Gasteiger partial charge < -0.3 is 15.6 Å². The lowest BCUT2D eigenvalue weighted by molar-refractivity contribution is -0.157. The zero-order valence-electron chi connectivity index (χ0n) is 8.03. The van der Waals surface area contributed by atoms with Gasteiger partial charge in [-0.15, -0.1) is 0 Å². The van der Waals surface area contributed by atoms with E-state index in [0.29, 0.717) is 0 Å². The van der Waals surface area contributed by atoms with Crippen LogP contribution >= 0.6 is 0 Å². The minimum Gasteiger partial charge on any atom is -0.481 e. The van der Waals surface area contributed by atoms with E-state index in [-0.39, 0.29) is 6.61 Å². The van der Waals surface area contributed by atoms with Gasteiger partial charge in [0.25, 0.3) is 0 Å². The summed E-state index contributed by atoms with van der Waals surface area (Å²) < 4.78 is 4.68. The van der Waals surface area contributed by atoms with Crippen LogP contribution < -0.4 is 5.73 Å². The molecule has 0 spiro atoms. The van der Waals surface area contributed by atoms with E-state index in [4.69, 9.17) is 10.8 Å². The Kier molecular flexibility index (Phi) is 3.87. The standard InChI is InChI=1S/C8H15NO4/c1-5(9)6(10)13-4-8(2,3)7(11)12/h5H,4,9H2,1-3H3,(H,11,12). The van der Waals surface area contributed by atoms with Crippen molar-refractivity contribution in [3.63, 3.8) is 0 Å². The zero-order valence-corrected chi connectivity index (χ0v) is 8.03.